The van der Waals surface area contributed by atoms with E-state index in [2.05, 4.69) is 31.3 Å². The molecule has 4 heteroatoms. The Morgan fingerprint density at radius 3 is 2.12 bits per heavy atom. The molecule has 26 heavy (non-hydrogen) atoms. The molecule has 0 fully saturated rings. The molecule has 0 saturated carbocycles. The SMILES string of the molecule is CCc1cccc(CC)c1N(CCNC(=O)c1ccccc1C)C(C)=O. The Morgan fingerprint density at radius 1 is 0.962 bits per heavy atom. The number of nitrogens with zero attached hydrogens (tertiary/aromatic N) is 1. The molecule has 0 aliphatic carbocycles. The maximum absolute atomic E-state index is 12.4. The molecule has 0 aromatic heterocycles. The summed E-state index contributed by atoms with van der Waals surface area (Å²) >= 11 is 0. The van der Waals surface area contributed by atoms with Crippen molar-refractivity contribution < 1.29 is 9.59 Å². The molecule has 2 aromatic rings. The van der Waals surface area contributed by atoms with Crippen molar-refractivity contribution in [2.75, 3.05) is 18.0 Å². The van der Waals surface area contributed by atoms with E-state index in [0.717, 1.165) is 35.2 Å². The van der Waals surface area contributed by atoms with Crippen LogP contribution in [0, 0.1) is 6.92 Å². The Morgan fingerprint density at radius 2 is 1.58 bits per heavy atom. The topological polar surface area (TPSA) is 49.4 Å². The number of anilines is 1. The molecule has 1 N–H and O–H groups in total. The zero-order valence-corrected chi connectivity index (χ0v) is 16.1. The summed E-state index contributed by atoms with van der Waals surface area (Å²) < 4.78 is 0. The smallest absolute Gasteiger partial charge is 0.251 e. The lowest BCUT2D eigenvalue weighted by Crippen LogP contribution is -2.38. The zero-order valence-electron chi connectivity index (χ0n) is 16.1. The molecule has 4 nitrogen and oxygen atoms in total. The number of para-hydroxylation sites is 1. The summed E-state index contributed by atoms with van der Waals surface area (Å²) in [5, 5.41) is 2.94. The lowest BCUT2D eigenvalue weighted by molar-refractivity contribution is -0.116. The van der Waals surface area contributed by atoms with Crippen molar-refractivity contribution in [3.8, 4) is 0 Å². The highest BCUT2D eigenvalue weighted by Crippen LogP contribution is 2.27. The van der Waals surface area contributed by atoms with Crippen LogP contribution >= 0.6 is 0 Å². The van der Waals surface area contributed by atoms with Crippen molar-refractivity contribution in [2.24, 2.45) is 0 Å². The van der Waals surface area contributed by atoms with E-state index < -0.39 is 0 Å². The van der Waals surface area contributed by atoms with Crippen LogP contribution in [0.25, 0.3) is 0 Å². The van der Waals surface area contributed by atoms with Gasteiger partial charge in [-0.1, -0.05) is 50.2 Å². The second-order valence-corrected chi connectivity index (χ2v) is 6.37. The van der Waals surface area contributed by atoms with Gasteiger partial charge in [-0.2, -0.15) is 0 Å². The van der Waals surface area contributed by atoms with Crippen molar-refractivity contribution in [1.29, 1.82) is 0 Å². The number of hydrogen-bond donors (Lipinski definition) is 1. The van der Waals surface area contributed by atoms with E-state index >= 15 is 0 Å². The first-order valence-corrected chi connectivity index (χ1v) is 9.22. The summed E-state index contributed by atoms with van der Waals surface area (Å²) in [7, 11) is 0. The highest BCUT2D eigenvalue weighted by atomic mass is 16.2. The van der Waals surface area contributed by atoms with Crippen LogP contribution < -0.4 is 10.2 Å². The van der Waals surface area contributed by atoms with Gasteiger partial charge in [0.1, 0.15) is 0 Å². The van der Waals surface area contributed by atoms with Crippen LogP contribution in [0.3, 0.4) is 0 Å². The molecule has 0 unspecified atom stereocenters. The summed E-state index contributed by atoms with van der Waals surface area (Å²) in [6.07, 6.45) is 1.73. The molecule has 0 radical (unpaired) electrons. The Balaban J connectivity index is 2.14. The number of rotatable bonds is 7. The van der Waals surface area contributed by atoms with Gasteiger partial charge in [-0.15, -0.1) is 0 Å². The van der Waals surface area contributed by atoms with E-state index in [1.54, 1.807) is 11.8 Å². The average Bonchev–Trinajstić information content (AvgIpc) is 2.64. The van der Waals surface area contributed by atoms with Crippen LogP contribution in [0.1, 0.15) is 47.8 Å². The predicted octanol–water partition coefficient (Wildman–Crippen LogP) is 3.90. The molecule has 0 saturated heterocycles. The maximum Gasteiger partial charge on any atom is 0.251 e. The summed E-state index contributed by atoms with van der Waals surface area (Å²) in [5.41, 5.74) is 4.92. The number of carbonyl (C=O) groups is 2. The molecule has 2 aromatic carbocycles. The van der Waals surface area contributed by atoms with Crippen molar-refractivity contribution in [2.45, 2.75) is 40.5 Å². The quantitative estimate of drug-likeness (QED) is 0.821. The molecule has 0 aliphatic rings. The van der Waals surface area contributed by atoms with Crippen molar-refractivity contribution in [3.63, 3.8) is 0 Å². The number of amides is 2. The number of nitrogens with one attached hydrogen (secondary N) is 1. The van der Waals surface area contributed by atoms with Gasteiger partial charge < -0.3 is 10.2 Å². The van der Waals surface area contributed by atoms with Crippen LogP contribution in [0.4, 0.5) is 5.69 Å². The van der Waals surface area contributed by atoms with Gasteiger partial charge in [-0.3, -0.25) is 9.59 Å². The first-order chi connectivity index (χ1) is 12.5. The van der Waals surface area contributed by atoms with E-state index in [-0.39, 0.29) is 11.8 Å². The first kappa shape index (κ1) is 19.7. The van der Waals surface area contributed by atoms with Crippen molar-refractivity contribution in [3.05, 3.63) is 64.7 Å². The Kier molecular flexibility index (Phi) is 6.96. The minimum absolute atomic E-state index is 0.00857. The summed E-state index contributed by atoms with van der Waals surface area (Å²) in [6.45, 7) is 8.55. The molecule has 138 valence electrons. The third-order valence-electron chi connectivity index (χ3n) is 4.63. The van der Waals surface area contributed by atoms with Crippen LogP contribution in [-0.4, -0.2) is 24.9 Å². The van der Waals surface area contributed by atoms with Gasteiger partial charge in [-0.25, -0.2) is 0 Å². The van der Waals surface area contributed by atoms with Crippen LogP contribution in [-0.2, 0) is 17.6 Å². The van der Waals surface area contributed by atoms with E-state index in [0.29, 0.717) is 18.7 Å². The van der Waals surface area contributed by atoms with E-state index in [1.165, 1.54) is 0 Å². The van der Waals surface area contributed by atoms with Gasteiger partial charge in [0.05, 0.1) is 5.69 Å². The standard InChI is InChI=1S/C22H28N2O2/c1-5-18-11-9-12-19(6-2)21(18)24(17(4)25)15-14-23-22(26)20-13-8-7-10-16(20)3/h7-13H,5-6,14-15H2,1-4H3,(H,23,26). The van der Waals surface area contributed by atoms with Crippen LogP contribution in [0.5, 0.6) is 0 Å². The third kappa shape index (κ3) is 4.51. The number of benzene rings is 2. The number of aryl methyl sites for hydroxylation is 3. The molecular formula is C22H28N2O2. The molecule has 2 amide bonds. The summed E-state index contributed by atoms with van der Waals surface area (Å²) in [6, 6.07) is 13.7. The Labute approximate surface area is 156 Å². The fourth-order valence-corrected chi connectivity index (χ4v) is 3.19. The van der Waals surface area contributed by atoms with Crippen LogP contribution in [0.2, 0.25) is 0 Å². The van der Waals surface area contributed by atoms with Crippen LogP contribution in [0.15, 0.2) is 42.5 Å². The molecule has 0 heterocycles. The van der Waals surface area contributed by atoms with Gasteiger partial charge in [0.25, 0.3) is 5.91 Å². The fraction of sp³-hybridized carbons (Fsp3) is 0.364. The van der Waals surface area contributed by atoms with E-state index in [9.17, 15) is 9.59 Å². The zero-order chi connectivity index (χ0) is 19.1. The number of hydrogen-bond acceptors (Lipinski definition) is 2. The molecule has 0 atom stereocenters. The normalized spacial score (nSPS) is 10.5. The van der Waals surface area contributed by atoms with Gasteiger partial charge >= 0.3 is 0 Å². The van der Waals surface area contributed by atoms with Crippen molar-refractivity contribution in [1.82, 2.24) is 5.32 Å². The highest BCUT2D eigenvalue weighted by Gasteiger charge is 2.18. The van der Waals surface area contributed by atoms with Crippen molar-refractivity contribution >= 4 is 17.5 Å². The number of carbonyl (C=O) groups excluding carboxylic acids is 2. The molecule has 0 aliphatic heterocycles. The molecule has 2 rings (SSSR count). The lowest BCUT2D eigenvalue weighted by atomic mass is 10.0. The second-order valence-electron chi connectivity index (χ2n) is 6.37. The van der Waals surface area contributed by atoms with Gasteiger partial charge in [0, 0.05) is 25.6 Å². The minimum atomic E-state index is -0.105. The molecule has 0 bridgehead atoms. The minimum Gasteiger partial charge on any atom is -0.350 e. The Bertz CT molecular complexity index is 761. The highest BCUT2D eigenvalue weighted by molar-refractivity contribution is 5.96. The van der Waals surface area contributed by atoms with E-state index in [4.69, 9.17) is 0 Å². The van der Waals surface area contributed by atoms with E-state index in [1.807, 2.05) is 37.3 Å². The fourth-order valence-electron chi connectivity index (χ4n) is 3.19. The third-order valence-corrected chi connectivity index (χ3v) is 4.63. The molecular weight excluding hydrogens is 324 g/mol. The van der Waals surface area contributed by atoms with Gasteiger partial charge in [0.15, 0.2) is 0 Å². The Hall–Kier alpha value is -2.62. The predicted molar refractivity (Wildman–Crippen MR) is 107 cm³/mol. The summed E-state index contributed by atoms with van der Waals surface area (Å²) in [4.78, 5) is 26.5. The largest absolute Gasteiger partial charge is 0.350 e. The molecule has 0 spiro atoms. The van der Waals surface area contributed by atoms with Gasteiger partial charge in [0.2, 0.25) is 5.91 Å². The monoisotopic (exact) mass is 352 g/mol. The maximum atomic E-state index is 12.4. The summed E-state index contributed by atoms with van der Waals surface area (Å²) in [5.74, 6) is -0.114. The van der Waals surface area contributed by atoms with Gasteiger partial charge in [-0.05, 0) is 42.5 Å². The first-order valence-electron chi connectivity index (χ1n) is 9.22. The second kappa shape index (κ2) is 9.18. The lowest BCUT2D eigenvalue weighted by Gasteiger charge is -2.26. The average molecular weight is 352 g/mol.